The average Bonchev–Trinajstić information content (AvgIpc) is 1.85. The van der Waals surface area contributed by atoms with E-state index in [1.807, 2.05) is 0 Å². The first kappa shape index (κ1) is 9.05. The van der Waals surface area contributed by atoms with Crippen molar-refractivity contribution in [2.75, 3.05) is 13.1 Å². The topological polar surface area (TPSA) is 12.0 Å². The van der Waals surface area contributed by atoms with Crippen LogP contribution in [0.2, 0.25) is 0 Å². The highest BCUT2D eigenvalue weighted by Gasteiger charge is 2.32. The van der Waals surface area contributed by atoms with Crippen molar-refractivity contribution in [1.29, 1.82) is 0 Å². The summed E-state index contributed by atoms with van der Waals surface area (Å²) in [6, 6.07) is 0. The van der Waals surface area contributed by atoms with Crippen molar-refractivity contribution in [2.24, 2.45) is 11.3 Å². The Morgan fingerprint density at radius 3 is 2.45 bits per heavy atom. The van der Waals surface area contributed by atoms with Gasteiger partial charge < -0.3 is 5.32 Å². The highest BCUT2D eigenvalue weighted by molar-refractivity contribution is 4.88. The van der Waals surface area contributed by atoms with Gasteiger partial charge in [-0.1, -0.05) is 33.6 Å². The molecule has 0 spiro atoms. The fourth-order valence-electron chi connectivity index (χ4n) is 2.13. The van der Waals surface area contributed by atoms with E-state index in [-0.39, 0.29) is 0 Å². The predicted molar refractivity (Wildman–Crippen MR) is 49.7 cm³/mol. The molecule has 1 atom stereocenters. The largest absolute Gasteiger partial charge is 0.316 e. The van der Waals surface area contributed by atoms with Gasteiger partial charge in [-0.25, -0.2) is 0 Å². The normalized spacial score (nSPS) is 24.3. The molecule has 0 radical (unpaired) electrons. The quantitative estimate of drug-likeness (QED) is 0.657. The molecular weight excluding hydrogens is 134 g/mol. The second-order valence-electron chi connectivity index (χ2n) is 4.51. The maximum absolute atomic E-state index is 3.35. The van der Waals surface area contributed by atoms with E-state index in [9.17, 15) is 0 Å². The molecule has 1 nitrogen and oxygen atoms in total. The van der Waals surface area contributed by atoms with Gasteiger partial charge >= 0.3 is 0 Å². The third-order valence-corrected chi connectivity index (χ3v) is 2.73. The molecule has 1 heteroatoms. The van der Waals surface area contributed by atoms with Crippen LogP contribution in [0.5, 0.6) is 0 Å². The molecule has 1 aliphatic heterocycles. The second kappa shape index (κ2) is 3.57. The van der Waals surface area contributed by atoms with Crippen LogP contribution in [0.1, 0.15) is 40.0 Å². The molecule has 1 N–H and O–H groups in total. The van der Waals surface area contributed by atoms with Crippen molar-refractivity contribution >= 4 is 0 Å². The summed E-state index contributed by atoms with van der Waals surface area (Å²) in [6.07, 6.45) is 4.15. The Balaban J connectivity index is 2.18. The number of rotatable bonds is 4. The van der Waals surface area contributed by atoms with Crippen LogP contribution in [0.4, 0.5) is 0 Å². The highest BCUT2D eigenvalue weighted by atomic mass is 15.0. The van der Waals surface area contributed by atoms with E-state index in [4.69, 9.17) is 0 Å². The third-order valence-electron chi connectivity index (χ3n) is 2.73. The van der Waals surface area contributed by atoms with Crippen molar-refractivity contribution in [1.82, 2.24) is 5.32 Å². The van der Waals surface area contributed by atoms with Gasteiger partial charge in [0.2, 0.25) is 0 Å². The van der Waals surface area contributed by atoms with Gasteiger partial charge in [0, 0.05) is 13.1 Å². The minimum atomic E-state index is 0.634. The van der Waals surface area contributed by atoms with Gasteiger partial charge in [0.1, 0.15) is 0 Å². The van der Waals surface area contributed by atoms with Crippen LogP contribution in [-0.4, -0.2) is 13.1 Å². The Kier molecular flexibility index (Phi) is 2.94. The fraction of sp³-hybridized carbons (Fsp3) is 1.00. The lowest BCUT2D eigenvalue weighted by Gasteiger charge is -2.41. The summed E-state index contributed by atoms with van der Waals surface area (Å²) in [5, 5.41) is 3.35. The zero-order valence-electron chi connectivity index (χ0n) is 8.11. The van der Waals surface area contributed by atoms with E-state index in [1.54, 1.807) is 0 Å². The van der Waals surface area contributed by atoms with E-state index < -0.39 is 0 Å². The van der Waals surface area contributed by atoms with Crippen LogP contribution in [-0.2, 0) is 0 Å². The Labute approximate surface area is 70.6 Å². The molecule has 1 saturated heterocycles. The zero-order valence-corrected chi connectivity index (χ0v) is 8.11. The van der Waals surface area contributed by atoms with Crippen molar-refractivity contribution < 1.29 is 0 Å². The van der Waals surface area contributed by atoms with E-state index in [2.05, 4.69) is 26.1 Å². The van der Waals surface area contributed by atoms with Crippen LogP contribution in [0.15, 0.2) is 0 Å². The predicted octanol–water partition coefficient (Wildman–Crippen LogP) is 2.42. The van der Waals surface area contributed by atoms with Crippen LogP contribution in [0.3, 0.4) is 0 Å². The van der Waals surface area contributed by atoms with Crippen molar-refractivity contribution in [2.45, 2.75) is 40.0 Å². The molecule has 66 valence electrons. The average molecular weight is 155 g/mol. The van der Waals surface area contributed by atoms with Gasteiger partial charge in [0.05, 0.1) is 0 Å². The molecule has 1 heterocycles. The SMILES string of the molecule is CCCC(C)CC1(C)CNC1. The molecule has 1 unspecified atom stereocenters. The van der Waals surface area contributed by atoms with Crippen LogP contribution < -0.4 is 5.32 Å². The molecule has 0 aromatic heterocycles. The summed E-state index contributed by atoms with van der Waals surface area (Å²) in [5.74, 6) is 0.923. The molecule has 0 amide bonds. The minimum Gasteiger partial charge on any atom is -0.316 e. The summed E-state index contributed by atoms with van der Waals surface area (Å²) < 4.78 is 0. The van der Waals surface area contributed by atoms with Crippen LogP contribution >= 0.6 is 0 Å². The molecule has 0 saturated carbocycles. The lowest BCUT2D eigenvalue weighted by molar-refractivity contribution is 0.148. The molecule has 0 aliphatic carbocycles. The van der Waals surface area contributed by atoms with E-state index in [0.29, 0.717) is 5.41 Å². The van der Waals surface area contributed by atoms with Crippen molar-refractivity contribution in [3.05, 3.63) is 0 Å². The second-order valence-corrected chi connectivity index (χ2v) is 4.51. The first-order valence-electron chi connectivity index (χ1n) is 4.87. The molecular formula is C10H21N. The fourth-order valence-corrected chi connectivity index (χ4v) is 2.13. The highest BCUT2D eigenvalue weighted by Crippen LogP contribution is 2.31. The Hall–Kier alpha value is -0.0400. The summed E-state index contributed by atoms with van der Waals surface area (Å²) in [4.78, 5) is 0. The maximum atomic E-state index is 3.35. The standard InChI is InChI=1S/C10H21N/c1-4-5-9(2)6-10(3)7-11-8-10/h9,11H,4-8H2,1-3H3. The van der Waals surface area contributed by atoms with Gasteiger partial charge in [-0.15, -0.1) is 0 Å². The summed E-state index contributed by atoms with van der Waals surface area (Å²) in [6.45, 7) is 9.53. The first-order valence-corrected chi connectivity index (χ1v) is 4.87. The van der Waals surface area contributed by atoms with Crippen molar-refractivity contribution in [3.8, 4) is 0 Å². The van der Waals surface area contributed by atoms with Crippen LogP contribution in [0, 0.1) is 11.3 Å². The zero-order chi connectivity index (χ0) is 8.32. The van der Waals surface area contributed by atoms with Gasteiger partial charge in [-0.3, -0.25) is 0 Å². The lowest BCUT2D eigenvalue weighted by atomic mass is 9.76. The number of hydrogen-bond acceptors (Lipinski definition) is 1. The van der Waals surface area contributed by atoms with Gasteiger partial charge in [0.15, 0.2) is 0 Å². The first-order chi connectivity index (χ1) is 5.16. The van der Waals surface area contributed by atoms with Gasteiger partial charge in [-0.05, 0) is 17.8 Å². The van der Waals surface area contributed by atoms with E-state index >= 15 is 0 Å². The Morgan fingerprint density at radius 1 is 1.45 bits per heavy atom. The van der Waals surface area contributed by atoms with Crippen LogP contribution in [0.25, 0.3) is 0 Å². The Bertz CT molecular complexity index is 116. The monoisotopic (exact) mass is 155 g/mol. The lowest BCUT2D eigenvalue weighted by Crippen LogP contribution is -2.52. The maximum Gasteiger partial charge on any atom is 0.00177 e. The van der Waals surface area contributed by atoms with E-state index in [1.165, 1.54) is 32.4 Å². The van der Waals surface area contributed by atoms with Gasteiger partial charge in [0.25, 0.3) is 0 Å². The smallest absolute Gasteiger partial charge is 0.00177 e. The summed E-state index contributed by atoms with van der Waals surface area (Å²) in [5.41, 5.74) is 0.634. The number of hydrogen-bond donors (Lipinski definition) is 1. The third kappa shape index (κ3) is 2.48. The van der Waals surface area contributed by atoms with E-state index in [0.717, 1.165) is 5.92 Å². The molecule has 1 aliphatic rings. The van der Waals surface area contributed by atoms with Gasteiger partial charge in [-0.2, -0.15) is 0 Å². The molecule has 0 aromatic rings. The molecule has 0 aromatic carbocycles. The summed E-state index contributed by atoms with van der Waals surface area (Å²) in [7, 11) is 0. The molecule has 1 fully saturated rings. The Morgan fingerprint density at radius 2 is 2.09 bits per heavy atom. The van der Waals surface area contributed by atoms with Crippen molar-refractivity contribution in [3.63, 3.8) is 0 Å². The molecule has 11 heavy (non-hydrogen) atoms. The summed E-state index contributed by atoms with van der Waals surface area (Å²) >= 11 is 0. The minimum absolute atomic E-state index is 0.634. The molecule has 1 rings (SSSR count). The molecule has 0 bridgehead atoms. The number of nitrogens with one attached hydrogen (secondary N) is 1.